The molecule has 1 aliphatic rings. The fourth-order valence-electron chi connectivity index (χ4n) is 1.84. The highest BCUT2D eigenvalue weighted by atomic mass is 32.2. The van der Waals surface area contributed by atoms with Crippen molar-refractivity contribution in [3.63, 3.8) is 0 Å². The predicted molar refractivity (Wildman–Crippen MR) is 77.6 cm³/mol. The Balaban J connectivity index is 2.14. The smallest absolute Gasteiger partial charge is 0.0610 e. The van der Waals surface area contributed by atoms with E-state index in [9.17, 15) is 5.11 Å². The van der Waals surface area contributed by atoms with Crippen molar-refractivity contribution in [1.29, 1.82) is 0 Å². The molecule has 1 fully saturated rings. The van der Waals surface area contributed by atoms with Gasteiger partial charge in [0.05, 0.1) is 6.61 Å². The van der Waals surface area contributed by atoms with E-state index in [0.29, 0.717) is 6.04 Å². The molecule has 0 aliphatic heterocycles. The van der Waals surface area contributed by atoms with E-state index < -0.39 is 0 Å². The number of hydrogen-bond donors (Lipinski definition) is 2. The maximum absolute atomic E-state index is 9.49. The van der Waals surface area contributed by atoms with Crippen molar-refractivity contribution in [3.8, 4) is 0 Å². The minimum Gasteiger partial charge on any atom is -0.394 e. The lowest BCUT2D eigenvalue weighted by Crippen LogP contribution is -2.47. The number of aliphatic hydroxyl groups is 1. The van der Waals surface area contributed by atoms with Crippen LogP contribution in [-0.2, 0) is 0 Å². The van der Waals surface area contributed by atoms with E-state index in [1.807, 2.05) is 0 Å². The maximum Gasteiger partial charge on any atom is 0.0610 e. The molecule has 2 unspecified atom stereocenters. The van der Waals surface area contributed by atoms with E-state index in [4.69, 9.17) is 0 Å². The summed E-state index contributed by atoms with van der Waals surface area (Å²) < 4.78 is 0. The molecule has 1 saturated carbocycles. The number of rotatable bonds is 9. The van der Waals surface area contributed by atoms with Gasteiger partial charge in [0.25, 0.3) is 0 Å². The van der Waals surface area contributed by atoms with Gasteiger partial charge >= 0.3 is 0 Å². The molecule has 102 valence electrons. The topological polar surface area (TPSA) is 32.3 Å². The Morgan fingerprint density at radius 1 is 1.35 bits per heavy atom. The Bertz CT molecular complexity index is 218. The minimum absolute atomic E-state index is 0.0528. The Hall–Kier alpha value is 0.270. The van der Waals surface area contributed by atoms with Gasteiger partial charge in [-0.25, -0.2) is 0 Å². The van der Waals surface area contributed by atoms with Gasteiger partial charge in [0.2, 0.25) is 0 Å². The van der Waals surface area contributed by atoms with Crippen LogP contribution in [0, 0.1) is 5.92 Å². The maximum atomic E-state index is 9.49. The van der Waals surface area contributed by atoms with Crippen molar-refractivity contribution in [2.24, 2.45) is 5.92 Å². The van der Waals surface area contributed by atoms with Gasteiger partial charge in [-0.3, -0.25) is 0 Å². The number of nitrogens with one attached hydrogen (secondary N) is 1. The first-order valence-electron chi connectivity index (χ1n) is 6.97. The summed E-state index contributed by atoms with van der Waals surface area (Å²) in [5, 5.41) is 13.8. The number of thioether (sulfide) groups is 1. The van der Waals surface area contributed by atoms with Crippen LogP contribution >= 0.6 is 11.8 Å². The monoisotopic (exact) mass is 259 g/mol. The fraction of sp³-hybridized carbons (Fsp3) is 1.00. The second-order valence-electron chi connectivity index (χ2n) is 6.06. The van der Waals surface area contributed by atoms with Crippen molar-refractivity contribution in [2.45, 2.75) is 70.2 Å². The summed E-state index contributed by atoms with van der Waals surface area (Å²) in [6.07, 6.45) is 4.85. The second kappa shape index (κ2) is 7.01. The molecule has 3 heteroatoms. The van der Waals surface area contributed by atoms with Crippen LogP contribution in [0.25, 0.3) is 0 Å². The molecule has 0 amide bonds. The Morgan fingerprint density at radius 2 is 2.00 bits per heavy atom. The molecule has 2 nitrogen and oxygen atoms in total. The molecule has 0 saturated heterocycles. The summed E-state index contributed by atoms with van der Waals surface area (Å²) >= 11 is 2.06. The lowest BCUT2D eigenvalue weighted by Gasteiger charge is -2.29. The number of aliphatic hydroxyl groups excluding tert-OH is 1. The predicted octanol–water partition coefficient (Wildman–Crippen LogP) is 3.05. The average molecular weight is 259 g/mol. The highest BCUT2D eigenvalue weighted by Crippen LogP contribution is 2.26. The second-order valence-corrected chi connectivity index (χ2v) is 7.55. The lowest BCUT2D eigenvalue weighted by molar-refractivity contribution is 0.163. The van der Waals surface area contributed by atoms with Crippen LogP contribution < -0.4 is 5.32 Å². The van der Waals surface area contributed by atoms with E-state index in [2.05, 4.69) is 44.8 Å². The number of hydrogen-bond acceptors (Lipinski definition) is 3. The summed E-state index contributed by atoms with van der Waals surface area (Å²) in [5.41, 5.74) is -0.0528. The standard InChI is InChI=1S/C14H29NOS/c1-11(2)12(3)17-9-5-8-14(4,10-16)15-13-6-7-13/h11-13,15-16H,5-10H2,1-4H3. The first kappa shape index (κ1) is 15.3. The normalized spacial score (nSPS) is 21.5. The first-order valence-corrected chi connectivity index (χ1v) is 8.02. The average Bonchev–Trinajstić information content (AvgIpc) is 3.07. The van der Waals surface area contributed by atoms with E-state index in [1.165, 1.54) is 25.0 Å². The van der Waals surface area contributed by atoms with Gasteiger partial charge < -0.3 is 10.4 Å². The molecule has 0 radical (unpaired) electrons. The molecule has 0 aromatic carbocycles. The molecule has 1 rings (SSSR count). The zero-order valence-corrected chi connectivity index (χ0v) is 12.6. The van der Waals surface area contributed by atoms with E-state index >= 15 is 0 Å². The van der Waals surface area contributed by atoms with Crippen molar-refractivity contribution in [1.82, 2.24) is 5.32 Å². The van der Waals surface area contributed by atoms with Crippen molar-refractivity contribution in [3.05, 3.63) is 0 Å². The van der Waals surface area contributed by atoms with Gasteiger partial charge in [-0.15, -0.1) is 0 Å². The minimum atomic E-state index is -0.0528. The highest BCUT2D eigenvalue weighted by Gasteiger charge is 2.31. The SMILES string of the molecule is CC(C)C(C)SCCCC(C)(CO)NC1CC1. The third-order valence-electron chi connectivity index (χ3n) is 3.67. The van der Waals surface area contributed by atoms with Crippen LogP contribution in [0.3, 0.4) is 0 Å². The third kappa shape index (κ3) is 6.12. The largest absolute Gasteiger partial charge is 0.394 e. The zero-order valence-electron chi connectivity index (χ0n) is 11.8. The van der Waals surface area contributed by atoms with Crippen molar-refractivity contribution in [2.75, 3.05) is 12.4 Å². The lowest BCUT2D eigenvalue weighted by atomic mass is 9.97. The van der Waals surface area contributed by atoms with Crippen LogP contribution in [0.4, 0.5) is 0 Å². The van der Waals surface area contributed by atoms with Crippen LogP contribution in [-0.4, -0.2) is 34.3 Å². The van der Waals surface area contributed by atoms with E-state index in [0.717, 1.165) is 17.6 Å². The van der Waals surface area contributed by atoms with Gasteiger partial charge in [0.1, 0.15) is 0 Å². The molecule has 1 aliphatic carbocycles. The van der Waals surface area contributed by atoms with Crippen LogP contribution in [0.1, 0.15) is 53.4 Å². The third-order valence-corrected chi connectivity index (χ3v) is 5.27. The molecular weight excluding hydrogens is 230 g/mol. The summed E-state index contributed by atoms with van der Waals surface area (Å²) in [6, 6.07) is 0.675. The Labute approximate surface area is 111 Å². The molecule has 0 bridgehead atoms. The molecular formula is C14H29NOS. The van der Waals surface area contributed by atoms with Crippen molar-refractivity contribution >= 4 is 11.8 Å². The summed E-state index contributed by atoms with van der Waals surface area (Å²) in [7, 11) is 0. The van der Waals surface area contributed by atoms with Crippen LogP contribution in [0.5, 0.6) is 0 Å². The van der Waals surface area contributed by atoms with Gasteiger partial charge in [-0.2, -0.15) is 11.8 Å². The molecule has 0 aromatic rings. The quantitative estimate of drug-likeness (QED) is 0.624. The Kier molecular flexibility index (Phi) is 6.32. The van der Waals surface area contributed by atoms with Crippen LogP contribution in [0.2, 0.25) is 0 Å². The zero-order chi connectivity index (χ0) is 12.9. The summed E-state index contributed by atoms with van der Waals surface area (Å²) in [5.74, 6) is 1.97. The summed E-state index contributed by atoms with van der Waals surface area (Å²) in [6.45, 7) is 9.28. The van der Waals surface area contributed by atoms with Gasteiger partial charge in [0.15, 0.2) is 0 Å². The summed E-state index contributed by atoms with van der Waals surface area (Å²) in [4.78, 5) is 0. The molecule has 0 aromatic heterocycles. The molecule has 17 heavy (non-hydrogen) atoms. The highest BCUT2D eigenvalue weighted by molar-refractivity contribution is 7.99. The molecule has 2 N–H and O–H groups in total. The first-order chi connectivity index (χ1) is 7.97. The van der Waals surface area contributed by atoms with Gasteiger partial charge in [-0.05, 0) is 44.3 Å². The van der Waals surface area contributed by atoms with Gasteiger partial charge in [0, 0.05) is 16.8 Å². The van der Waals surface area contributed by atoms with E-state index in [1.54, 1.807) is 0 Å². The molecule has 2 atom stereocenters. The molecule has 0 spiro atoms. The van der Waals surface area contributed by atoms with Crippen molar-refractivity contribution < 1.29 is 5.11 Å². The fourth-order valence-corrected chi connectivity index (χ4v) is 2.91. The van der Waals surface area contributed by atoms with Crippen LogP contribution in [0.15, 0.2) is 0 Å². The van der Waals surface area contributed by atoms with E-state index in [-0.39, 0.29) is 12.1 Å². The van der Waals surface area contributed by atoms with Gasteiger partial charge in [-0.1, -0.05) is 20.8 Å². The Morgan fingerprint density at radius 3 is 2.47 bits per heavy atom. The molecule has 0 heterocycles.